The first kappa shape index (κ1) is 14.8. The van der Waals surface area contributed by atoms with Gasteiger partial charge < -0.3 is 15.1 Å². The molecule has 0 aromatic rings. The van der Waals surface area contributed by atoms with Crippen LogP contribution < -0.4 is 5.32 Å². The normalized spacial score (nSPS) is 25.8. The van der Waals surface area contributed by atoms with Crippen LogP contribution >= 0.6 is 0 Å². The molecule has 1 unspecified atom stereocenters. The summed E-state index contributed by atoms with van der Waals surface area (Å²) in [5.41, 5.74) is 0. The van der Waals surface area contributed by atoms with Crippen molar-refractivity contribution in [2.45, 2.75) is 33.1 Å². The first-order valence-electron chi connectivity index (χ1n) is 7.86. The van der Waals surface area contributed by atoms with Crippen LogP contribution in [0.2, 0.25) is 0 Å². The second-order valence-corrected chi connectivity index (χ2v) is 6.50. The maximum atomic E-state index is 12.1. The Hall–Kier alpha value is -0.610. The molecule has 0 aromatic carbocycles. The Kier molecular flexibility index (Phi) is 5.64. The highest BCUT2D eigenvalue weighted by Crippen LogP contribution is 2.19. The minimum Gasteiger partial charge on any atom is -0.342 e. The summed E-state index contributed by atoms with van der Waals surface area (Å²) in [4.78, 5) is 16.8. The summed E-state index contributed by atoms with van der Waals surface area (Å²) in [6.45, 7) is 11.9. The van der Waals surface area contributed by atoms with Crippen LogP contribution in [0.3, 0.4) is 0 Å². The summed E-state index contributed by atoms with van der Waals surface area (Å²) < 4.78 is 0. The molecule has 2 heterocycles. The molecule has 0 bridgehead atoms. The molecule has 1 atom stereocenters. The molecule has 0 radical (unpaired) electrons. The summed E-state index contributed by atoms with van der Waals surface area (Å²) in [5.74, 6) is 1.52. The summed E-state index contributed by atoms with van der Waals surface area (Å²) in [7, 11) is 0. The molecule has 1 amide bonds. The molecule has 0 spiro atoms. The smallest absolute Gasteiger partial charge is 0.222 e. The van der Waals surface area contributed by atoms with Crippen molar-refractivity contribution in [1.82, 2.24) is 15.1 Å². The van der Waals surface area contributed by atoms with Gasteiger partial charge in [0.2, 0.25) is 5.91 Å². The molecule has 2 aliphatic rings. The van der Waals surface area contributed by atoms with Crippen LogP contribution in [-0.4, -0.2) is 61.5 Å². The first-order valence-corrected chi connectivity index (χ1v) is 7.86. The van der Waals surface area contributed by atoms with Gasteiger partial charge >= 0.3 is 0 Å². The van der Waals surface area contributed by atoms with Crippen LogP contribution in [-0.2, 0) is 4.79 Å². The van der Waals surface area contributed by atoms with E-state index in [2.05, 4.69) is 29.0 Å². The number of nitrogens with zero attached hydrogens (tertiary/aromatic N) is 2. The minimum absolute atomic E-state index is 0.361. The fourth-order valence-electron chi connectivity index (χ4n) is 3.18. The van der Waals surface area contributed by atoms with Gasteiger partial charge in [0.1, 0.15) is 0 Å². The second-order valence-electron chi connectivity index (χ2n) is 6.50. The third kappa shape index (κ3) is 4.77. The lowest BCUT2D eigenvalue weighted by Crippen LogP contribution is -2.48. The van der Waals surface area contributed by atoms with E-state index in [4.69, 9.17) is 0 Å². The Morgan fingerprint density at radius 2 is 2.00 bits per heavy atom. The number of rotatable bonds is 4. The van der Waals surface area contributed by atoms with Crippen molar-refractivity contribution in [2.75, 3.05) is 45.8 Å². The summed E-state index contributed by atoms with van der Waals surface area (Å²) in [6, 6.07) is 0. The topological polar surface area (TPSA) is 35.6 Å². The highest BCUT2D eigenvalue weighted by molar-refractivity contribution is 5.76. The average molecular weight is 267 g/mol. The van der Waals surface area contributed by atoms with E-state index < -0.39 is 0 Å². The molecule has 4 heteroatoms. The van der Waals surface area contributed by atoms with E-state index >= 15 is 0 Å². The fourth-order valence-corrected chi connectivity index (χ4v) is 3.18. The second kappa shape index (κ2) is 7.25. The Bertz CT molecular complexity index is 287. The fraction of sp³-hybridized carbons (Fsp3) is 0.933. The summed E-state index contributed by atoms with van der Waals surface area (Å²) in [5, 5.41) is 3.39. The number of piperazine rings is 1. The van der Waals surface area contributed by atoms with E-state index in [1.54, 1.807) is 0 Å². The number of carbonyl (C=O) groups is 1. The molecule has 110 valence electrons. The lowest BCUT2D eigenvalue weighted by Gasteiger charge is -2.37. The molecule has 1 N–H and O–H groups in total. The standard InChI is InChI=1S/C15H29N3O/c1-13(2)10-15(19)18-7-3-4-14(12-18)11-17-8-5-16-6-9-17/h13-14,16H,3-12H2,1-2H3. The Balaban J connectivity index is 1.77. The van der Waals surface area contributed by atoms with Crippen molar-refractivity contribution in [3.05, 3.63) is 0 Å². The number of likely N-dealkylation sites (tertiary alicyclic amines) is 1. The van der Waals surface area contributed by atoms with Crippen LogP contribution in [0.25, 0.3) is 0 Å². The van der Waals surface area contributed by atoms with Crippen molar-refractivity contribution in [3.63, 3.8) is 0 Å². The number of hydrogen-bond acceptors (Lipinski definition) is 3. The van der Waals surface area contributed by atoms with E-state index in [1.165, 1.54) is 19.4 Å². The molecule has 0 aliphatic carbocycles. The lowest BCUT2D eigenvalue weighted by molar-refractivity contribution is -0.133. The molecular formula is C15H29N3O. The van der Waals surface area contributed by atoms with Gasteiger partial charge in [0.05, 0.1) is 0 Å². The number of hydrogen-bond donors (Lipinski definition) is 1. The number of carbonyl (C=O) groups excluding carboxylic acids is 1. The van der Waals surface area contributed by atoms with Crippen LogP contribution in [0.1, 0.15) is 33.1 Å². The van der Waals surface area contributed by atoms with Gasteiger partial charge in [0.25, 0.3) is 0 Å². The minimum atomic E-state index is 0.361. The van der Waals surface area contributed by atoms with E-state index in [0.29, 0.717) is 24.2 Å². The average Bonchev–Trinajstić information content (AvgIpc) is 2.39. The number of nitrogens with one attached hydrogen (secondary N) is 1. The molecule has 2 fully saturated rings. The van der Waals surface area contributed by atoms with Gasteiger partial charge in [0.15, 0.2) is 0 Å². The summed E-state index contributed by atoms with van der Waals surface area (Å²) >= 11 is 0. The third-order valence-corrected chi connectivity index (χ3v) is 4.18. The highest BCUT2D eigenvalue weighted by atomic mass is 16.2. The molecule has 2 aliphatic heterocycles. The van der Waals surface area contributed by atoms with Gasteiger partial charge in [-0.2, -0.15) is 0 Å². The predicted molar refractivity (Wildman–Crippen MR) is 78.1 cm³/mol. The van der Waals surface area contributed by atoms with E-state index in [1.807, 2.05) is 0 Å². The largest absolute Gasteiger partial charge is 0.342 e. The molecular weight excluding hydrogens is 238 g/mol. The Morgan fingerprint density at radius 3 is 2.68 bits per heavy atom. The monoisotopic (exact) mass is 267 g/mol. The molecule has 2 rings (SSSR count). The molecule has 2 saturated heterocycles. The van der Waals surface area contributed by atoms with Gasteiger partial charge in [0, 0.05) is 52.2 Å². The zero-order valence-corrected chi connectivity index (χ0v) is 12.5. The van der Waals surface area contributed by atoms with Crippen molar-refractivity contribution in [3.8, 4) is 0 Å². The summed E-state index contributed by atoms with van der Waals surface area (Å²) in [6.07, 6.45) is 3.18. The third-order valence-electron chi connectivity index (χ3n) is 4.18. The van der Waals surface area contributed by atoms with Crippen LogP contribution in [0.4, 0.5) is 0 Å². The van der Waals surface area contributed by atoms with Crippen molar-refractivity contribution < 1.29 is 4.79 Å². The maximum Gasteiger partial charge on any atom is 0.222 e. The van der Waals surface area contributed by atoms with Crippen molar-refractivity contribution in [1.29, 1.82) is 0 Å². The van der Waals surface area contributed by atoms with E-state index in [9.17, 15) is 4.79 Å². The quantitative estimate of drug-likeness (QED) is 0.831. The Labute approximate surface area is 117 Å². The molecule has 4 nitrogen and oxygen atoms in total. The van der Waals surface area contributed by atoms with Crippen molar-refractivity contribution in [2.24, 2.45) is 11.8 Å². The van der Waals surface area contributed by atoms with E-state index in [0.717, 1.165) is 39.3 Å². The van der Waals surface area contributed by atoms with Crippen LogP contribution in [0.5, 0.6) is 0 Å². The van der Waals surface area contributed by atoms with Gasteiger partial charge in [-0.3, -0.25) is 4.79 Å². The first-order chi connectivity index (χ1) is 9.15. The molecule has 0 aromatic heterocycles. The van der Waals surface area contributed by atoms with Gasteiger partial charge in [-0.25, -0.2) is 0 Å². The predicted octanol–water partition coefficient (Wildman–Crippen LogP) is 1.18. The zero-order valence-electron chi connectivity index (χ0n) is 12.5. The van der Waals surface area contributed by atoms with Crippen molar-refractivity contribution >= 4 is 5.91 Å². The van der Waals surface area contributed by atoms with Gasteiger partial charge in [-0.1, -0.05) is 13.8 Å². The Morgan fingerprint density at radius 1 is 1.26 bits per heavy atom. The molecule has 19 heavy (non-hydrogen) atoms. The number of piperidine rings is 1. The van der Waals surface area contributed by atoms with Crippen LogP contribution in [0.15, 0.2) is 0 Å². The van der Waals surface area contributed by atoms with Crippen LogP contribution in [0, 0.1) is 11.8 Å². The number of amides is 1. The van der Waals surface area contributed by atoms with Gasteiger partial charge in [-0.15, -0.1) is 0 Å². The maximum absolute atomic E-state index is 12.1. The highest BCUT2D eigenvalue weighted by Gasteiger charge is 2.25. The SMILES string of the molecule is CC(C)CC(=O)N1CCCC(CN2CCNCC2)C1. The lowest BCUT2D eigenvalue weighted by atomic mass is 9.96. The van der Waals surface area contributed by atoms with Gasteiger partial charge in [-0.05, 0) is 24.7 Å². The molecule has 0 saturated carbocycles. The van der Waals surface area contributed by atoms with E-state index in [-0.39, 0.29) is 0 Å². The zero-order chi connectivity index (χ0) is 13.7.